The van der Waals surface area contributed by atoms with Gasteiger partial charge in [-0.1, -0.05) is 42.0 Å². The minimum atomic E-state index is -4.66. The molecule has 266 valence electrons. The number of aryl methyl sites for hydroxylation is 1. The number of para-hydroxylation sites is 1. The number of aromatic nitrogens is 2. The van der Waals surface area contributed by atoms with Crippen molar-refractivity contribution in [2.45, 2.75) is 11.8 Å². The number of carbonyl (C=O) groups is 1. The summed E-state index contributed by atoms with van der Waals surface area (Å²) in [5.41, 5.74) is 4.33. The number of urea groups is 1. The lowest BCUT2D eigenvalue weighted by Crippen LogP contribution is -2.51. The number of hydrogen-bond donors (Lipinski definition) is 0. The summed E-state index contributed by atoms with van der Waals surface area (Å²) in [4.78, 5) is 26.8. The van der Waals surface area contributed by atoms with Crippen molar-refractivity contribution in [3.63, 3.8) is 0 Å². The number of anilines is 2. The molecule has 4 aromatic carbocycles. The first-order chi connectivity index (χ1) is 25.1. The lowest BCUT2D eigenvalue weighted by molar-refractivity contribution is 0.0637. The summed E-state index contributed by atoms with van der Waals surface area (Å²) in [6.07, 6.45) is 3.25. The molecule has 0 fully saturated rings. The lowest BCUT2D eigenvalue weighted by atomic mass is 10.0. The lowest BCUT2D eigenvalue weighted by Gasteiger charge is -2.29. The van der Waals surface area contributed by atoms with E-state index >= 15 is 4.39 Å². The maximum atomic E-state index is 16.4. The average molecular weight is 723 g/mol. The first kappa shape index (κ1) is 35.1. The first-order valence-corrected chi connectivity index (χ1v) is 18.0. The van der Waals surface area contributed by atoms with Crippen molar-refractivity contribution in [1.82, 2.24) is 14.6 Å². The average Bonchev–Trinajstić information content (AvgIpc) is 3.37. The second-order valence-corrected chi connectivity index (χ2v) is 14.1. The van der Waals surface area contributed by atoms with Gasteiger partial charge in [-0.15, -0.1) is 0 Å². The normalized spacial score (nSPS) is 15.8. The standard InChI is InChI=1S/C39H37FN5O6S/c1-26-9-13-31(14-10-26)52(47,48)51-45(30-12-16-36(33(40)23-30)44(17-19-49-3)18-20-50-4)38-32-22-27(29-21-28-7-5-6-8-34(28)41-24-29)11-15-35(32)42-25-37(38)43(2)39(45)46/h5-16,21-25H,17-20H2,1-4H3/q+1. The minimum absolute atomic E-state index is 0.0590. The highest BCUT2D eigenvalue weighted by molar-refractivity contribution is 7.86. The van der Waals surface area contributed by atoms with E-state index in [0.29, 0.717) is 42.9 Å². The van der Waals surface area contributed by atoms with Crippen molar-refractivity contribution in [2.75, 3.05) is 57.4 Å². The number of halogens is 1. The zero-order valence-electron chi connectivity index (χ0n) is 29.1. The van der Waals surface area contributed by atoms with Crippen LogP contribution in [0.2, 0.25) is 0 Å². The predicted octanol–water partition coefficient (Wildman–Crippen LogP) is 7.53. The van der Waals surface area contributed by atoms with E-state index in [1.807, 2.05) is 49.4 Å². The Morgan fingerprint density at radius 2 is 1.54 bits per heavy atom. The van der Waals surface area contributed by atoms with Gasteiger partial charge in [0.15, 0.2) is 11.5 Å². The highest BCUT2D eigenvalue weighted by Gasteiger charge is 2.60. The van der Waals surface area contributed by atoms with Gasteiger partial charge in [-0.25, -0.2) is 9.18 Å². The molecule has 1 unspecified atom stereocenters. The van der Waals surface area contributed by atoms with Crippen LogP contribution in [0, 0.1) is 12.7 Å². The fourth-order valence-corrected chi connectivity index (χ4v) is 7.59. The molecule has 0 saturated carbocycles. The monoisotopic (exact) mass is 722 g/mol. The third-order valence-corrected chi connectivity index (χ3v) is 10.5. The van der Waals surface area contributed by atoms with Gasteiger partial charge in [-0.2, -0.15) is 8.42 Å². The second-order valence-electron chi connectivity index (χ2n) is 12.5. The number of benzene rings is 4. The van der Waals surface area contributed by atoms with Crippen LogP contribution in [-0.4, -0.2) is 72.0 Å². The number of hydroxylamine groups is 1. The Kier molecular flexibility index (Phi) is 9.46. The van der Waals surface area contributed by atoms with Crippen LogP contribution in [0.15, 0.2) is 108 Å². The fourth-order valence-electron chi connectivity index (χ4n) is 6.51. The Balaban J connectivity index is 1.47. The van der Waals surface area contributed by atoms with Gasteiger partial charge in [0.2, 0.25) is 5.69 Å². The van der Waals surface area contributed by atoms with Gasteiger partial charge in [0.05, 0.1) is 46.4 Å². The minimum Gasteiger partial charge on any atom is -0.383 e. The fraction of sp³-hybridized carbons (Fsp3) is 0.205. The molecule has 3 heterocycles. The molecule has 13 heteroatoms. The van der Waals surface area contributed by atoms with E-state index in [0.717, 1.165) is 33.7 Å². The molecule has 0 spiro atoms. The van der Waals surface area contributed by atoms with Crippen molar-refractivity contribution in [3.8, 4) is 11.1 Å². The van der Waals surface area contributed by atoms with Gasteiger partial charge < -0.3 is 14.4 Å². The smallest absolute Gasteiger partial charge is 0.383 e. The number of quaternary nitrogens is 1. The van der Waals surface area contributed by atoms with Crippen LogP contribution < -0.4 is 14.4 Å². The number of amides is 2. The molecule has 2 amide bonds. The summed E-state index contributed by atoms with van der Waals surface area (Å²) >= 11 is 0. The second kappa shape index (κ2) is 14.0. The van der Waals surface area contributed by atoms with Crippen molar-refractivity contribution in [2.24, 2.45) is 0 Å². The predicted molar refractivity (Wildman–Crippen MR) is 200 cm³/mol. The van der Waals surface area contributed by atoms with Gasteiger partial charge in [0, 0.05) is 63.6 Å². The van der Waals surface area contributed by atoms with E-state index < -0.39 is 26.6 Å². The van der Waals surface area contributed by atoms with Crippen LogP contribution >= 0.6 is 0 Å². The summed E-state index contributed by atoms with van der Waals surface area (Å²) in [7, 11) is -0.0321. The van der Waals surface area contributed by atoms with Gasteiger partial charge >= 0.3 is 16.1 Å². The van der Waals surface area contributed by atoms with Crippen LogP contribution in [0.5, 0.6) is 0 Å². The maximum Gasteiger partial charge on any atom is 0.468 e. The number of nitrogens with zero attached hydrogens (tertiary/aromatic N) is 5. The molecule has 0 bridgehead atoms. The molecule has 0 radical (unpaired) electrons. The molecule has 0 N–H and O–H groups in total. The molecule has 0 saturated heterocycles. The molecule has 52 heavy (non-hydrogen) atoms. The Hall–Kier alpha value is -5.31. The van der Waals surface area contributed by atoms with Crippen LogP contribution in [0.25, 0.3) is 32.9 Å². The molecular formula is C39H37FN5O6S+. The SMILES string of the molecule is COCCN(CCOC)c1ccc([N+]2(OS(=O)(=O)c3ccc(C)cc3)C(=O)N(C)c3cnc4ccc(-c5cnc6ccccc6c5)cc4c32)cc1F. The van der Waals surface area contributed by atoms with Crippen LogP contribution in [0.3, 0.4) is 0 Å². The zero-order chi connectivity index (χ0) is 36.6. The van der Waals surface area contributed by atoms with Gasteiger partial charge in [-0.3, -0.25) is 14.9 Å². The first-order valence-electron chi connectivity index (χ1n) is 16.6. The summed E-state index contributed by atoms with van der Waals surface area (Å²) in [5, 5.41) is 1.37. The molecule has 6 aromatic rings. The highest BCUT2D eigenvalue weighted by atomic mass is 32.2. The van der Waals surface area contributed by atoms with E-state index in [9.17, 15) is 13.2 Å². The van der Waals surface area contributed by atoms with Crippen molar-refractivity contribution < 1.29 is 31.4 Å². The number of rotatable bonds is 12. The van der Waals surface area contributed by atoms with E-state index in [4.69, 9.17) is 13.8 Å². The Labute approximate surface area is 301 Å². The summed E-state index contributed by atoms with van der Waals surface area (Å²) in [5.74, 6) is -0.691. The Bertz CT molecular complexity index is 2420. The maximum absolute atomic E-state index is 16.4. The van der Waals surface area contributed by atoms with Crippen LogP contribution in [0.1, 0.15) is 5.56 Å². The number of pyridine rings is 2. The van der Waals surface area contributed by atoms with Crippen LogP contribution in [0.4, 0.5) is 31.9 Å². The number of hydrogen-bond acceptors (Lipinski definition) is 9. The number of carbonyl (C=O) groups excluding carboxylic acids is 1. The molecule has 7 rings (SSSR count). The molecule has 0 aliphatic carbocycles. The quantitative estimate of drug-likeness (QED) is 0.118. The number of methoxy groups -OCH3 is 2. The Morgan fingerprint density at radius 1 is 0.827 bits per heavy atom. The van der Waals surface area contributed by atoms with Gasteiger partial charge in [0.1, 0.15) is 5.69 Å². The molecule has 1 aliphatic rings. The van der Waals surface area contributed by atoms with Crippen LogP contribution in [-0.2, 0) is 23.9 Å². The number of fused-ring (bicyclic) bond motifs is 4. The number of ether oxygens (including phenoxy) is 2. The van der Waals surface area contributed by atoms with Gasteiger partial charge in [0.25, 0.3) is 0 Å². The zero-order valence-corrected chi connectivity index (χ0v) is 29.9. The largest absolute Gasteiger partial charge is 0.468 e. The van der Waals surface area contributed by atoms with E-state index in [1.165, 1.54) is 42.4 Å². The molecular weight excluding hydrogens is 686 g/mol. The third-order valence-electron chi connectivity index (χ3n) is 9.26. The molecule has 2 aromatic heterocycles. The Morgan fingerprint density at radius 3 is 2.25 bits per heavy atom. The summed E-state index contributed by atoms with van der Waals surface area (Å²) in [6, 6.07) is 24.8. The topological polar surface area (TPSA) is 111 Å². The van der Waals surface area contributed by atoms with Crippen molar-refractivity contribution in [3.05, 3.63) is 115 Å². The summed E-state index contributed by atoms with van der Waals surface area (Å²) in [6.45, 7) is 3.21. The highest BCUT2D eigenvalue weighted by Crippen LogP contribution is 2.53. The van der Waals surface area contributed by atoms with Crippen molar-refractivity contribution in [1.29, 1.82) is 0 Å². The van der Waals surface area contributed by atoms with E-state index in [-0.39, 0.29) is 22.0 Å². The van der Waals surface area contributed by atoms with Crippen molar-refractivity contribution >= 4 is 60.7 Å². The molecule has 1 atom stereocenters. The molecule has 11 nitrogen and oxygen atoms in total. The van der Waals surface area contributed by atoms with Gasteiger partial charge in [-0.05, 0) is 63.9 Å². The van der Waals surface area contributed by atoms with E-state index in [1.54, 1.807) is 43.5 Å². The van der Waals surface area contributed by atoms with E-state index in [2.05, 4.69) is 9.97 Å². The summed E-state index contributed by atoms with van der Waals surface area (Å²) < 4.78 is 60.2. The third kappa shape index (κ3) is 6.16. The molecule has 1 aliphatic heterocycles.